The van der Waals surface area contributed by atoms with E-state index >= 15 is 0 Å². The molecule has 22 heavy (non-hydrogen) atoms. The SMILES string of the molecule is CC(C)(C)c1ccc(N2CC(C(=O)O)CC2=O)cc1[N+](=O)[O-]. The Balaban J connectivity index is 2.42. The van der Waals surface area contributed by atoms with Crippen molar-refractivity contribution in [3.63, 3.8) is 0 Å². The quantitative estimate of drug-likeness (QED) is 0.682. The molecule has 1 N–H and O–H groups in total. The number of benzene rings is 1. The predicted molar refractivity (Wildman–Crippen MR) is 79.9 cm³/mol. The van der Waals surface area contributed by atoms with Crippen LogP contribution in [0.15, 0.2) is 18.2 Å². The molecule has 0 bridgehead atoms. The van der Waals surface area contributed by atoms with Crippen LogP contribution in [-0.2, 0) is 15.0 Å². The van der Waals surface area contributed by atoms with Gasteiger partial charge in [-0.05, 0) is 17.5 Å². The molecule has 118 valence electrons. The highest BCUT2D eigenvalue weighted by atomic mass is 16.6. The molecule has 1 saturated heterocycles. The van der Waals surface area contributed by atoms with Crippen molar-refractivity contribution >= 4 is 23.3 Å². The Hall–Kier alpha value is -2.44. The number of nitro benzene ring substituents is 1. The van der Waals surface area contributed by atoms with Crippen molar-refractivity contribution in [3.8, 4) is 0 Å². The maximum absolute atomic E-state index is 11.9. The fourth-order valence-electron chi connectivity index (χ4n) is 2.60. The van der Waals surface area contributed by atoms with Gasteiger partial charge in [-0.1, -0.05) is 20.8 Å². The van der Waals surface area contributed by atoms with E-state index in [4.69, 9.17) is 5.11 Å². The van der Waals surface area contributed by atoms with Gasteiger partial charge < -0.3 is 10.0 Å². The molecule has 1 atom stereocenters. The number of nitro groups is 1. The van der Waals surface area contributed by atoms with Gasteiger partial charge in [-0.15, -0.1) is 0 Å². The molecule has 1 aliphatic rings. The highest BCUT2D eigenvalue weighted by molar-refractivity contribution is 5.99. The standard InChI is InChI=1S/C15H18N2O5/c1-15(2,3)11-5-4-10(7-12(11)17(21)22)16-8-9(14(19)20)6-13(16)18/h4-5,7,9H,6,8H2,1-3H3,(H,19,20). The van der Waals surface area contributed by atoms with Crippen LogP contribution in [0.1, 0.15) is 32.8 Å². The zero-order valence-electron chi connectivity index (χ0n) is 12.7. The van der Waals surface area contributed by atoms with Gasteiger partial charge >= 0.3 is 5.97 Å². The van der Waals surface area contributed by atoms with Crippen molar-refractivity contribution in [2.75, 3.05) is 11.4 Å². The van der Waals surface area contributed by atoms with Crippen molar-refractivity contribution in [1.29, 1.82) is 0 Å². The molecule has 1 heterocycles. The molecule has 7 nitrogen and oxygen atoms in total. The maximum atomic E-state index is 11.9. The third kappa shape index (κ3) is 2.93. The Morgan fingerprint density at radius 1 is 1.41 bits per heavy atom. The summed E-state index contributed by atoms with van der Waals surface area (Å²) >= 11 is 0. The van der Waals surface area contributed by atoms with E-state index in [1.807, 2.05) is 20.8 Å². The largest absolute Gasteiger partial charge is 0.481 e. The summed E-state index contributed by atoms with van der Waals surface area (Å²) < 4.78 is 0. The van der Waals surface area contributed by atoms with Gasteiger partial charge in [0.2, 0.25) is 5.91 Å². The lowest BCUT2D eigenvalue weighted by molar-refractivity contribution is -0.385. The summed E-state index contributed by atoms with van der Waals surface area (Å²) in [5.74, 6) is -2.13. The number of nitrogens with zero attached hydrogens (tertiary/aromatic N) is 2. The number of anilines is 1. The van der Waals surface area contributed by atoms with Crippen molar-refractivity contribution in [2.45, 2.75) is 32.6 Å². The number of carbonyl (C=O) groups is 2. The molecule has 7 heteroatoms. The Bertz CT molecular complexity index is 648. The molecule has 1 aliphatic heterocycles. The minimum absolute atomic E-state index is 0.0419. The van der Waals surface area contributed by atoms with E-state index in [2.05, 4.69) is 0 Å². The van der Waals surface area contributed by atoms with E-state index in [1.165, 1.54) is 11.0 Å². The molecule has 0 spiro atoms. The van der Waals surface area contributed by atoms with Crippen molar-refractivity contribution in [1.82, 2.24) is 0 Å². The normalized spacial score (nSPS) is 18.6. The summed E-state index contributed by atoms with van der Waals surface area (Å²) in [6, 6.07) is 4.62. The lowest BCUT2D eigenvalue weighted by atomic mass is 9.85. The van der Waals surface area contributed by atoms with Crippen LogP contribution >= 0.6 is 0 Å². The number of aliphatic carboxylic acids is 1. The first-order valence-electron chi connectivity index (χ1n) is 6.93. The Kier molecular flexibility index (Phi) is 3.91. The first kappa shape index (κ1) is 15.9. The lowest BCUT2D eigenvalue weighted by Gasteiger charge is -2.21. The Morgan fingerprint density at radius 3 is 2.50 bits per heavy atom. The first-order valence-corrected chi connectivity index (χ1v) is 6.93. The van der Waals surface area contributed by atoms with E-state index in [-0.39, 0.29) is 24.6 Å². The number of amides is 1. The van der Waals surface area contributed by atoms with Crippen LogP contribution in [0, 0.1) is 16.0 Å². The van der Waals surface area contributed by atoms with Crippen LogP contribution in [0.5, 0.6) is 0 Å². The number of carbonyl (C=O) groups excluding carboxylic acids is 1. The average Bonchev–Trinajstić information content (AvgIpc) is 2.79. The first-order chi connectivity index (χ1) is 10.1. The van der Waals surface area contributed by atoms with E-state index in [0.29, 0.717) is 11.3 Å². The van der Waals surface area contributed by atoms with E-state index < -0.39 is 22.2 Å². The van der Waals surface area contributed by atoms with Crippen LogP contribution in [-0.4, -0.2) is 28.5 Å². The minimum Gasteiger partial charge on any atom is -0.481 e. The van der Waals surface area contributed by atoms with Crippen molar-refractivity contribution < 1.29 is 19.6 Å². The van der Waals surface area contributed by atoms with Gasteiger partial charge in [-0.3, -0.25) is 19.7 Å². The summed E-state index contributed by atoms with van der Waals surface area (Å²) in [5.41, 5.74) is 0.479. The molecule has 1 amide bonds. The summed E-state index contributed by atoms with van der Waals surface area (Å²) in [6.07, 6.45) is -0.0792. The summed E-state index contributed by atoms with van der Waals surface area (Å²) in [6.45, 7) is 5.66. The Morgan fingerprint density at radius 2 is 2.05 bits per heavy atom. The molecular formula is C15H18N2O5. The monoisotopic (exact) mass is 306 g/mol. The predicted octanol–water partition coefficient (Wildman–Crippen LogP) is 2.33. The van der Waals surface area contributed by atoms with Crippen molar-refractivity contribution in [2.24, 2.45) is 5.92 Å². The van der Waals surface area contributed by atoms with Crippen LogP contribution in [0.4, 0.5) is 11.4 Å². The number of hydrogen-bond acceptors (Lipinski definition) is 4. The molecule has 0 aliphatic carbocycles. The number of carboxylic acid groups (broad SMARTS) is 1. The molecule has 0 aromatic heterocycles. The van der Waals surface area contributed by atoms with Crippen LogP contribution in [0.3, 0.4) is 0 Å². The summed E-state index contributed by atoms with van der Waals surface area (Å²) in [4.78, 5) is 35.1. The Labute approximate surface area is 127 Å². The molecule has 1 aromatic rings. The second-order valence-corrected chi connectivity index (χ2v) is 6.45. The molecule has 0 saturated carbocycles. The van der Waals surface area contributed by atoms with Gasteiger partial charge in [0, 0.05) is 24.6 Å². The topological polar surface area (TPSA) is 101 Å². The second kappa shape index (κ2) is 5.40. The molecule has 2 rings (SSSR count). The number of rotatable bonds is 3. The van der Waals surface area contributed by atoms with E-state index in [1.54, 1.807) is 12.1 Å². The minimum atomic E-state index is -1.03. The van der Waals surface area contributed by atoms with Gasteiger partial charge in [-0.2, -0.15) is 0 Å². The fraction of sp³-hybridized carbons (Fsp3) is 0.467. The molecular weight excluding hydrogens is 288 g/mol. The number of hydrogen-bond donors (Lipinski definition) is 1. The van der Waals surface area contributed by atoms with Gasteiger partial charge in [0.1, 0.15) is 0 Å². The van der Waals surface area contributed by atoms with Gasteiger partial charge in [0.25, 0.3) is 5.69 Å². The van der Waals surface area contributed by atoms with E-state index in [0.717, 1.165) is 0 Å². The smallest absolute Gasteiger partial charge is 0.308 e. The molecule has 1 unspecified atom stereocenters. The van der Waals surface area contributed by atoms with Gasteiger partial charge in [-0.25, -0.2) is 0 Å². The summed E-state index contributed by atoms with van der Waals surface area (Å²) in [7, 11) is 0. The lowest BCUT2D eigenvalue weighted by Crippen LogP contribution is -2.26. The van der Waals surface area contributed by atoms with Crippen LogP contribution in [0.25, 0.3) is 0 Å². The maximum Gasteiger partial charge on any atom is 0.308 e. The highest BCUT2D eigenvalue weighted by Crippen LogP contribution is 2.35. The zero-order chi connectivity index (χ0) is 16.7. The second-order valence-electron chi connectivity index (χ2n) is 6.45. The third-order valence-electron chi connectivity index (χ3n) is 3.77. The third-order valence-corrected chi connectivity index (χ3v) is 3.77. The van der Waals surface area contributed by atoms with E-state index in [9.17, 15) is 19.7 Å². The number of carboxylic acids is 1. The zero-order valence-corrected chi connectivity index (χ0v) is 12.7. The van der Waals surface area contributed by atoms with Crippen molar-refractivity contribution in [3.05, 3.63) is 33.9 Å². The average molecular weight is 306 g/mol. The fourth-order valence-corrected chi connectivity index (χ4v) is 2.60. The highest BCUT2D eigenvalue weighted by Gasteiger charge is 2.36. The molecule has 1 aromatic carbocycles. The summed E-state index contributed by atoms with van der Waals surface area (Å²) in [5, 5.41) is 20.3. The van der Waals surface area contributed by atoms with Gasteiger partial charge in [0.15, 0.2) is 0 Å². The van der Waals surface area contributed by atoms with Gasteiger partial charge in [0.05, 0.1) is 16.5 Å². The van der Waals surface area contributed by atoms with Crippen LogP contribution < -0.4 is 4.90 Å². The molecule has 1 fully saturated rings. The van der Waals surface area contributed by atoms with Crippen LogP contribution in [0.2, 0.25) is 0 Å². The molecule has 0 radical (unpaired) electrons.